The van der Waals surface area contributed by atoms with Crippen LogP contribution in [-0.4, -0.2) is 52.8 Å². The van der Waals surface area contributed by atoms with E-state index in [9.17, 15) is 9.59 Å². The van der Waals surface area contributed by atoms with Crippen LogP contribution >= 0.6 is 11.3 Å². The highest BCUT2D eigenvalue weighted by Crippen LogP contribution is 2.40. The third-order valence-electron chi connectivity index (χ3n) is 3.63. The Labute approximate surface area is 125 Å². The fraction of sp³-hybridized carbons (Fsp3) is 0.615. The SMILES string of the molecule is O=C(O)CC1COCCN1C(=O)Nc1nc(C2CC2)cs1. The van der Waals surface area contributed by atoms with E-state index >= 15 is 0 Å². The molecule has 2 heterocycles. The number of urea groups is 1. The van der Waals surface area contributed by atoms with Gasteiger partial charge in [-0.2, -0.15) is 0 Å². The zero-order valence-electron chi connectivity index (χ0n) is 11.4. The number of carbonyl (C=O) groups excluding carboxylic acids is 1. The van der Waals surface area contributed by atoms with Crippen LogP contribution in [0.4, 0.5) is 9.93 Å². The molecule has 2 amide bonds. The second-order valence-electron chi connectivity index (χ2n) is 5.30. The number of hydrogen-bond acceptors (Lipinski definition) is 5. The fourth-order valence-corrected chi connectivity index (χ4v) is 3.15. The second-order valence-corrected chi connectivity index (χ2v) is 6.16. The number of nitrogens with zero attached hydrogens (tertiary/aromatic N) is 2. The van der Waals surface area contributed by atoms with Crippen molar-refractivity contribution >= 4 is 28.5 Å². The number of amides is 2. The first-order valence-electron chi connectivity index (χ1n) is 6.96. The van der Waals surface area contributed by atoms with Crippen molar-refractivity contribution in [3.05, 3.63) is 11.1 Å². The second kappa shape index (κ2) is 5.98. The van der Waals surface area contributed by atoms with Gasteiger partial charge in [0.1, 0.15) is 0 Å². The van der Waals surface area contributed by atoms with Gasteiger partial charge >= 0.3 is 12.0 Å². The summed E-state index contributed by atoms with van der Waals surface area (Å²) in [5, 5.41) is 14.2. The first kappa shape index (κ1) is 14.3. The molecule has 2 N–H and O–H groups in total. The molecule has 1 aliphatic heterocycles. The molecule has 0 aromatic carbocycles. The van der Waals surface area contributed by atoms with Crippen LogP contribution in [0.5, 0.6) is 0 Å². The number of carboxylic acids is 1. The quantitative estimate of drug-likeness (QED) is 0.883. The van der Waals surface area contributed by atoms with Crippen LogP contribution in [0.1, 0.15) is 30.9 Å². The molecule has 1 aromatic rings. The maximum absolute atomic E-state index is 12.3. The van der Waals surface area contributed by atoms with Gasteiger partial charge in [-0.25, -0.2) is 9.78 Å². The molecule has 1 aliphatic carbocycles. The summed E-state index contributed by atoms with van der Waals surface area (Å²) >= 11 is 1.41. The lowest BCUT2D eigenvalue weighted by atomic mass is 10.1. The molecule has 1 atom stereocenters. The van der Waals surface area contributed by atoms with Crippen molar-refractivity contribution < 1.29 is 19.4 Å². The number of anilines is 1. The van der Waals surface area contributed by atoms with Crippen molar-refractivity contribution in [2.24, 2.45) is 0 Å². The van der Waals surface area contributed by atoms with E-state index in [4.69, 9.17) is 9.84 Å². The van der Waals surface area contributed by atoms with Crippen LogP contribution < -0.4 is 5.32 Å². The van der Waals surface area contributed by atoms with Gasteiger partial charge in [-0.15, -0.1) is 11.3 Å². The summed E-state index contributed by atoms with van der Waals surface area (Å²) in [4.78, 5) is 29.1. The summed E-state index contributed by atoms with van der Waals surface area (Å²) in [6.45, 7) is 1.07. The number of aromatic nitrogens is 1. The summed E-state index contributed by atoms with van der Waals surface area (Å²) < 4.78 is 5.26. The van der Waals surface area contributed by atoms with Crippen molar-refractivity contribution in [3.63, 3.8) is 0 Å². The highest BCUT2D eigenvalue weighted by atomic mass is 32.1. The Morgan fingerprint density at radius 1 is 1.52 bits per heavy atom. The third-order valence-corrected chi connectivity index (χ3v) is 4.41. The van der Waals surface area contributed by atoms with Crippen LogP contribution in [0.15, 0.2) is 5.38 Å². The van der Waals surface area contributed by atoms with Gasteiger partial charge in [-0.05, 0) is 12.8 Å². The minimum Gasteiger partial charge on any atom is -0.481 e. The van der Waals surface area contributed by atoms with Gasteiger partial charge in [0.2, 0.25) is 0 Å². The van der Waals surface area contributed by atoms with Crippen LogP contribution in [0.3, 0.4) is 0 Å². The monoisotopic (exact) mass is 311 g/mol. The lowest BCUT2D eigenvalue weighted by Crippen LogP contribution is -2.51. The van der Waals surface area contributed by atoms with E-state index in [1.807, 2.05) is 5.38 Å². The Hall–Kier alpha value is -1.67. The largest absolute Gasteiger partial charge is 0.481 e. The highest BCUT2D eigenvalue weighted by Gasteiger charge is 2.30. The van der Waals surface area contributed by atoms with E-state index in [1.54, 1.807) is 0 Å². The number of carboxylic acid groups (broad SMARTS) is 1. The minimum atomic E-state index is -0.937. The Balaban J connectivity index is 1.62. The summed E-state index contributed by atoms with van der Waals surface area (Å²) in [6.07, 6.45) is 2.22. The van der Waals surface area contributed by atoms with E-state index in [2.05, 4.69) is 10.3 Å². The fourth-order valence-electron chi connectivity index (χ4n) is 2.37. The zero-order valence-corrected chi connectivity index (χ0v) is 12.3. The molecule has 1 saturated heterocycles. The number of nitrogens with one attached hydrogen (secondary N) is 1. The van der Waals surface area contributed by atoms with E-state index in [0.717, 1.165) is 5.69 Å². The van der Waals surface area contributed by atoms with Crippen LogP contribution in [0.2, 0.25) is 0 Å². The smallest absolute Gasteiger partial charge is 0.324 e. The topological polar surface area (TPSA) is 91.8 Å². The molecule has 114 valence electrons. The van der Waals surface area contributed by atoms with Gasteiger partial charge in [-0.3, -0.25) is 10.1 Å². The average molecular weight is 311 g/mol. The van der Waals surface area contributed by atoms with E-state index < -0.39 is 12.0 Å². The van der Waals surface area contributed by atoms with Crippen LogP contribution in [-0.2, 0) is 9.53 Å². The molecule has 2 aliphatic rings. The molecule has 7 nitrogen and oxygen atoms in total. The van der Waals surface area contributed by atoms with Gasteiger partial charge in [0.15, 0.2) is 5.13 Å². The molecular formula is C13H17N3O4S. The first-order chi connectivity index (χ1) is 10.1. The van der Waals surface area contributed by atoms with Gasteiger partial charge in [0.05, 0.1) is 31.4 Å². The number of carbonyl (C=O) groups is 2. The van der Waals surface area contributed by atoms with Crippen molar-refractivity contribution in [3.8, 4) is 0 Å². The van der Waals surface area contributed by atoms with Crippen molar-refractivity contribution in [1.82, 2.24) is 9.88 Å². The third kappa shape index (κ3) is 3.51. The minimum absolute atomic E-state index is 0.112. The predicted molar refractivity (Wildman–Crippen MR) is 76.7 cm³/mol. The number of aliphatic carboxylic acids is 1. The first-order valence-corrected chi connectivity index (χ1v) is 7.84. The van der Waals surface area contributed by atoms with E-state index in [-0.39, 0.29) is 19.1 Å². The number of hydrogen-bond donors (Lipinski definition) is 2. The summed E-state index contributed by atoms with van der Waals surface area (Å²) in [6, 6.07) is -0.736. The number of thiazole rings is 1. The average Bonchev–Trinajstić information content (AvgIpc) is 3.19. The lowest BCUT2D eigenvalue weighted by Gasteiger charge is -2.34. The Kier molecular flexibility index (Phi) is 4.07. The van der Waals surface area contributed by atoms with Gasteiger partial charge < -0.3 is 14.7 Å². The maximum Gasteiger partial charge on any atom is 0.324 e. The molecule has 3 rings (SSSR count). The zero-order chi connectivity index (χ0) is 14.8. The van der Waals surface area contributed by atoms with Gasteiger partial charge in [0, 0.05) is 17.8 Å². The molecule has 2 fully saturated rings. The molecule has 0 radical (unpaired) electrons. The number of morpholine rings is 1. The Morgan fingerprint density at radius 3 is 3.05 bits per heavy atom. The molecule has 0 spiro atoms. The lowest BCUT2D eigenvalue weighted by molar-refractivity contribution is -0.139. The summed E-state index contributed by atoms with van der Waals surface area (Å²) in [5.74, 6) is -0.386. The molecule has 1 saturated carbocycles. The Morgan fingerprint density at radius 2 is 2.33 bits per heavy atom. The van der Waals surface area contributed by atoms with Crippen molar-refractivity contribution in [2.75, 3.05) is 25.1 Å². The molecule has 1 aromatic heterocycles. The molecule has 8 heteroatoms. The van der Waals surface area contributed by atoms with Gasteiger partial charge in [-0.1, -0.05) is 0 Å². The summed E-state index contributed by atoms with van der Waals surface area (Å²) in [5.41, 5.74) is 1.04. The predicted octanol–water partition coefficient (Wildman–Crippen LogP) is 1.73. The van der Waals surface area contributed by atoms with Crippen LogP contribution in [0, 0.1) is 0 Å². The van der Waals surface area contributed by atoms with Crippen molar-refractivity contribution in [1.29, 1.82) is 0 Å². The molecule has 0 bridgehead atoms. The molecule has 21 heavy (non-hydrogen) atoms. The highest BCUT2D eigenvalue weighted by molar-refractivity contribution is 7.13. The van der Waals surface area contributed by atoms with E-state index in [0.29, 0.717) is 24.2 Å². The van der Waals surface area contributed by atoms with Crippen LogP contribution in [0.25, 0.3) is 0 Å². The van der Waals surface area contributed by atoms with Gasteiger partial charge in [0.25, 0.3) is 0 Å². The van der Waals surface area contributed by atoms with E-state index in [1.165, 1.54) is 29.1 Å². The molecular weight excluding hydrogens is 294 g/mol. The Bertz CT molecular complexity index is 543. The summed E-state index contributed by atoms with van der Waals surface area (Å²) in [7, 11) is 0. The molecule has 1 unspecified atom stereocenters. The number of ether oxygens (including phenoxy) is 1. The standard InChI is InChI=1S/C13H17N3O4S/c17-11(18)5-9-6-20-4-3-16(9)13(19)15-12-14-10(7-21-12)8-1-2-8/h7-9H,1-6H2,(H,17,18)(H,14,15,19). The number of rotatable bonds is 4. The maximum atomic E-state index is 12.3. The van der Waals surface area contributed by atoms with Crippen molar-refractivity contribution in [2.45, 2.75) is 31.2 Å². The normalized spacial score (nSPS) is 22.1.